The molecule has 5 heteroatoms. The van der Waals surface area contributed by atoms with Gasteiger partial charge in [0.25, 0.3) is 0 Å². The Labute approximate surface area is 428 Å². The molecule has 1 aliphatic heterocycles. The van der Waals surface area contributed by atoms with Gasteiger partial charge in [0, 0.05) is 74.0 Å². The Balaban J connectivity index is 1.05. The number of hydrogen-bond acceptors (Lipinski definition) is 4. The number of rotatable bonds is 11. The Morgan fingerprint density at radius 2 is 0.931 bits per heavy atom. The zero-order valence-corrected chi connectivity index (χ0v) is 44.4. The molecule has 0 saturated carbocycles. The molecule has 0 unspecified atom stereocenters. The lowest BCUT2D eigenvalue weighted by molar-refractivity contribution is 0.479. The van der Waals surface area contributed by atoms with Crippen LogP contribution in [-0.4, -0.2) is 16.2 Å². The van der Waals surface area contributed by atoms with E-state index in [9.17, 15) is 0 Å². The van der Waals surface area contributed by atoms with Gasteiger partial charge in [0.15, 0.2) is 0 Å². The fraction of sp³-hybridized carbons (Fsp3) is 0.269. The topological polar surface area (TPSA) is 33.5 Å². The molecular formula is C67H70N4O. The quantitative estimate of drug-likeness (QED) is 0.129. The van der Waals surface area contributed by atoms with E-state index in [-0.39, 0.29) is 27.1 Å². The molecule has 7 aromatic carbocycles. The van der Waals surface area contributed by atoms with Gasteiger partial charge in [0.05, 0.1) is 17.7 Å². The van der Waals surface area contributed by atoms with Gasteiger partial charge in [0.2, 0.25) is 0 Å². The summed E-state index contributed by atoms with van der Waals surface area (Å²) in [7, 11) is 0. The number of benzene rings is 7. The lowest BCUT2D eigenvalue weighted by Crippen LogP contribution is -2.32. The number of ether oxygens (including phenoxy) is 1. The second kappa shape index (κ2) is 18.0. The van der Waals surface area contributed by atoms with E-state index >= 15 is 0 Å². The second-order valence-electron chi connectivity index (χ2n) is 23.5. The van der Waals surface area contributed by atoms with Gasteiger partial charge in [-0.1, -0.05) is 198 Å². The van der Waals surface area contributed by atoms with Crippen LogP contribution in [0.3, 0.4) is 0 Å². The SMILES string of the molecule is CC(C)(C)C1=CN(c2cc(Oc3ccc4c5ccccc5n(-c5cc(C(C)(C)c6ccccc6)ccn5)c4c3)cc(C(C)(C)C)c2)CN1c1cc(C(C)(C)c2ccccc2)cc(C(C)(C)c2ccccc2)c1. The number of aromatic nitrogens is 2. The molecule has 10 rings (SSSR count). The van der Waals surface area contributed by atoms with Gasteiger partial charge in [-0.15, -0.1) is 0 Å². The molecule has 0 radical (unpaired) electrons. The standard InChI is InChI=1S/C67H70N4O/c1-63(2,3)50-37-53(69-44-61(64(4,5)6)70(45-69)54-38-51(66(9,10)47-26-18-14-19-27-47)36-52(39-54)67(11,12)48-28-20-15-21-29-48)42-56(40-50)72-55-32-33-58-57-30-22-23-31-59(57)71(60(58)43-55)62-41-49(34-35-68-62)65(7,8)46-24-16-13-17-25-46/h13-44H,45H2,1-12H3. The summed E-state index contributed by atoms with van der Waals surface area (Å²) in [6.45, 7) is 28.5. The number of nitrogens with zero attached hydrogens (tertiary/aromatic N) is 4. The highest BCUT2D eigenvalue weighted by Gasteiger charge is 2.35. The maximum Gasteiger partial charge on any atom is 0.137 e. The van der Waals surface area contributed by atoms with Gasteiger partial charge >= 0.3 is 0 Å². The summed E-state index contributed by atoms with van der Waals surface area (Å²) in [5.41, 5.74) is 13.5. The van der Waals surface area contributed by atoms with Gasteiger partial charge in [-0.3, -0.25) is 4.57 Å². The van der Waals surface area contributed by atoms with Crippen molar-refractivity contribution < 1.29 is 4.74 Å². The Morgan fingerprint density at radius 1 is 0.403 bits per heavy atom. The van der Waals surface area contributed by atoms with Crippen molar-refractivity contribution >= 4 is 33.2 Å². The third-order valence-corrected chi connectivity index (χ3v) is 15.5. The van der Waals surface area contributed by atoms with Gasteiger partial charge in [-0.05, 0) is 99.0 Å². The summed E-state index contributed by atoms with van der Waals surface area (Å²) in [5, 5.41) is 2.33. The van der Waals surface area contributed by atoms with Crippen LogP contribution in [0.15, 0.2) is 200 Å². The first kappa shape index (κ1) is 48.3. The van der Waals surface area contributed by atoms with Crippen molar-refractivity contribution in [3.63, 3.8) is 0 Å². The molecule has 0 spiro atoms. The third kappa shape index (κ3) is 8.99. The van der Waals surface area contributed by atoms with E-state index in [0.29, 0.717) is 6.67 Å². The number of allylic oxidation sites excluding steroid dienone is 1. The minimum absolute atomic E-state index is 0.139. The van der Waals surface area contributed by atoms with Crippen LogP contribution in [0.2, 0.25) is 0 Å². The van der Waals surface area contributed by atoms with Crippen LogP contribution in [0, 0.1) is 5.41 Å². The van der Waals surface area contributed by atoms with Crippen molar-refractivity contribution in [1.29, 1.82) is 0 Å². The van der Waals surface area contributed by atoms with Gasteiger partial charge in [0.1, 0.15) is 17.3 Å². The normalized spacial score (nSPS) is 13.8. The number of fused-ring (bicyclic) bond motifs is 3. The fourth-order valence-corrected chi connectivity index (χ4v) is 10.6. The Bertz CT molecular complexity index is 3390. The van der Waals surface area contributed by atoms with Crippen molar-refractivity contribution in [1.82, 2.24) is 9.55 Å². The zero-order valence-electron chi connectivity index (χ0n) is 44.4. The number of hydrogen-bond donors (Lipinski definition) is 0. The Hall–Kier alpha value is -7.37. The molecule has 0 amide bonds. The summed E-state index contributed by atoms with van der Waals surface area (Å²) in [6.07, 6.45) is 4.31. The van der Waals surface area contributed by atoms with Crippen LogP contribution < -0.4 is 14.5 Å². The predicted octanol–water partition coefficient (Wildman–Crippen LogP) is 17.4. The number of anilines is 2. The van der Waals surface area contributed by atoms with E-state index in [4.69, 9.17) is 9.72 Å². The lowest BCUT2D eigenvalue weighted by atomic mass is 9.73. The van der Waals surface area contributed by atoms with Crippen LogP contribution in [0.4, 0.5) is 11.4 Å². The molecule has 72 heavy (non-hydrogen) atoms. The minimum Gasteiger partial charge on any atom is -0.457 e. The summed E-state index contributed by atoms with van der Waals surface area (Å²) < 4.78 is 9.34. The molecule has 0 aliphatic carbocycles. The molecule has 364 valence electrons. The Kier molecular flexibility index (Phi) is 12.1. The van der Waals surface area contributed by atoms with Gasteiger partial charge < -0.3 is 14.5 Å². The van der Waals surface area contributed by atoms with E-state index in [2.05, 4.69) is 286 Å². The fourth-order valence-electron chi connectivity index (χ4n) is 10.6. The van der Waals surface area contributed by atoms with Crippen LogP contribution in [0.5, 0.6) is 11.5 Å². The summed E-state index contributed by atoms with van der Waals surface area (Å²) in [5.74, 6) is 2.44. The first-order chi connectivity index (χ1) is 34.2. The van der Waals surface area contributed by atoms with Gasteiger partial charge in [-0.25, -0.2) is 4.98 Å². The van der Waals surface area contributed by atoms with Crippen LogP contribution >= 0.6 is 0 Å². The summed E-state index contributed by atoms with van der Waals surface area (Å²) >= 11 is 0. The largest absolute Gasteiger partial charge is 0.457 e. The van der Waals surface area contributed by atoms with Crippen molar-refractivity contribution in [2.45, 2.75) is 105 Å². The van der Waals surface area contributed by atoms with Crippen molar-refractivity contribution in [2.24, 2.45) is 5.41 Å². The van der Waals surface area contributed by atoms with Gasteiger partial charge in [-0.2, -0.15) is 0 Å². The molecule has 1 aliphatic rings. The summed E-state index contributed by atoms with van der Waals surface area (Å²) in [4.78, 5) is 9.97. The Morgan fingerprint density at radius 3 is 1.50 bits per heavy atom. The van der Waals surface area contributed by atoms with Crippen molar-refractivity contribution in [2.75, 3.05) is 16.5 Å². The average Bonchev–Trinajstić information content (AvgIpc) is 3.98. The average molecular weight is 947 g/mol. The van der Waals surface area contributed by atoms with Crippen LogP contribution in [0.25, 0.3) is 27.6 Å². The molecular weight excluding hydrogens is 877 g/mol. The molecule has 5 nitrogen and oxygen atoms in total. The first-order valence-corrected chi connectivity index (χ1v) is 25.6. The number of para-hydroxylation sites is 1. The molecule has 9 aromatic rings. The van der Waals surface area contributed by atoms with Crippen molar-refractivity contribution in [3.05, 3.63) is 239 Å². The molecule has 0 atom stereocenters. The summed E-state index contributed by atoms with van der Waals surface area (Å²) in [6, 6.07) is 66.2. The molecule has 0 saturated heterocycles. The molecule has 0 N–H and O–H groups in total. The molecule has 2 aromatic heterocycles. The van der Waals surface area contributed by atoms with E-state index in [1.165, 1.54) is 55.7 Å². The second-order valence-corrected chi connectivity index (χ2v) is 23.5. The van der Waals surface area contributed by atoms with E-state index in [0.717, 1.165) is 39.4 Å². The maximum absolute atomic E-state index is 7.05. The van der Waals surface area contributed by atoms with E-state index in [1.807, 2.05) is 6.20 Å². The highest BCUT2D eigenvalue weighted by atomic mass is 16.5. The van der Waals surface area contributed by atoms with Crippen molar-refractivity contribution in [3.8, 4) is 17.3 Å². The van der Waals surface area contributed by atoms with E-state index in [1.54, 1.807) is 0 Å². The molecule has 0 bridgehead atoms. The predicted molar refractivity (Wildman–Crippen MR) is 303 cm³/mol. The van der Waals surface area contributed by atoms with Crippen LogP contribution in [0.1, 0.15) is 122 Å². The smallest absolute Gasteiger partial charge is 0.137 e. The minimum atomic E-state index is -0.242. The third-order valence-electron chi connectivity index (χ3n) is 15.5. The number of pyridine rings is 1. The highest BCUT2D eigenvalue weighted by Crippen LogP contribution is 2.45. The lowest BCUT2D eigenvalue weighted by Gasteiger charge is -2.35. The maximum atomic E-state index is 7.05. The molecule has 0 fully saturated rings. The first-order valence-electron chi connectivity index (χ1n) is 25.6. The zero-order chi connectivity index (χ0) is 50.8. The monoisotopic (exact) mass is 947 g/mol. The van der Waals surface area contributed by atoms with E-state index < -0.39 is 0 Å². The molecule has 3 heterocycles. The highest BCUT2D eigenvalue weighted by molar-refractivity contribution is 6.09. The van der Waals surface area contributed by atoms with Crippen LogP contribution in [-0.2, 0) is 21.7 Å².